The molecular formula is C16H25FN2. The van der Waals surface area contributed by atoms with Crippen LogP contribution in [0.3, 0.4) is 0 Å². The van der Waals surface area contributed by atoms with E-state index in [9.17, 15) is 4.39 Å². The summed E-state index contributed by atoms with van der Waals surface area (Å²) in [5.74, 6) is -0.133. The second kappa shape index (κ2) is 7.01. The van der Waals surface area contributed by atoms with Gasteiger partial charge in [0, 0.05) is 18.6 Å². The third kappa shape index (κ3) is 3.77. The van der Waals surface area contributed by atoms with Crippen LogP contribution in [0.1, 0.15) is 44.7 Å². The third-order valence-corrected chi connectivity index (χ3v) is 4.08. The molecule has 2 rings (SSSR count). The zero-order valence-corrected chi connectivity index (χ0v) is 12.0. The van der Waals surface area contributed by atoms with Gasteiger partial charge in [0.2, 0.25) is 0 Å². The summed E-state index contributed by atoms with van der Waals surface area (Å²) in [6.07, 6.45) is 3.55. The number of likely N-dealkylation sites (N-methyl/N-ethyl adjacent to an activating group) is 1. The van der Waals surface area contributed by atoms with Crippen molar-refractivity contribution in [3.63, 3.8) is 0 Å². The normalized spacial score (nSPS) is 20.9. The van der Waals surface area contributed by atoms with Crippen LogP contribution in [0, 0.1) is 5.82 Å². The van der Waals surface area contributed by atoms with Gasteiger partial charge in [-0.2, -0.15) is 0 Å². The predicted molar refractivity (Wildman–Crippen MR) is 77.7 cm³/mol. The lowest BCUT2D eigenvalue weighted by molar-refractivity contribution is 0.184. The Labute approximate surface area is 116 Å². The van der Waals surface area contributed by atoms with E-state index in [1.165, 1.54) is 18.9 Å². The number of rotatable bonds is 6. The first-order chi connectivity index (χ1) is 9.24. The standard InChI is InChI=1S/C16H25FN2/c1-3-16(13-7-5-8-14(17)11-13)19(4-2)12-15-9-6-10-18-15/h5,7-8,11,15-16,18H,3-4,6,9-10,12H2,1-2H3. The molecule has 0 amide bonds. The van der Waals surface area contributed by atoms with Crippen molar-refractivity contribution in [3.05, 3.63) is 35.6 Å². The molecule has 1 aromatic carbocycles. The summed E-state index contributed by atoms with van der Waals surface area (Å²) in [6.45, 7) is 7.58. The Morgan fingerprint density at radius 2 is 2.26 bits per heavy atom. The minimum atomic E-state index is -0.133. The van der Waals surface area contributed by atoms with Crippen molar-refractivity contribution in [1.29, 1.82) is 0 Å². The van der Waals surface area contributed by atoms with Crippen LogP contribution in [0.15, 0.2) is 24.3 Å². The number of hydrogen-bond acceptors (Lipinski definition) is 2. The van der Waals surface area contributed by atoms with Gasteiger partial charge in [0.1, 0.15) is 5.82 Å². The Morgan fingerprint density at radius 3 is 2.84 bits per heavy atom. The van der Waals surface area contributed by atoms with E-state index in [1.807, 2.05) is 12.1 Å². The van der Waals surface area contributed by atoms with E-state index in [0.29, 0.717) is 12.1 Å². The molecule has 0 radical (unpaired) electrons. The van der Waals surface area contributed by atoms with Gasteiger partial charge < -0.3 is 5.32 Å². The summed E-state index contributed by atoms with van der Waals surface area (Å²) in [4.78, 5) is 2.47. The van der Waals surface area contributed by atoms with Gasteiger partial charge in [-0.05, 0) is 50.0 Å². The molecule has 1 fully saturated rings. The van der Waals surface area contributed by atoms with Crippen LogP contribution in [0.2, 0.25) is 0 Å². The van der Waals surface area contributed by atoms with Gasteiger partial charge in [-0.15, -0.1) is 0 Å². The maximum atomic E-state index is 13.4. The monoisotopic (exact) mass is 264 g/mol. The van der Waals surface area contributed by atoms with Crippen molar-refractivity contribution < 1.29 is 4.39 Å². The number of nitrogens with zero attached hydrogens (tertiary/aromatic N) is 1. The lowest BCUT2D eigenvalue weighted by atomic mass is 10.0. The Hall–Kier alpha value is -0.930. The first kappa shape index (κ1) is 14.5. The molecule has 2 unspecified atom stereocenters. The van der Waals surface area contributed by atoms with Crippen molar-refractivity contribution in [2.75, 3.05) is 19.6 Å². The maximum Gasteiger partial charge on any atom is 0.123 e. The highest BCUT2D eigenvalue weighted by atomic mass is 19.1. The van der Waals surface area contributed by atoms with Gasteiger partial charge in [0.05, 0.1) is 0 Å². The molecule has 0 saturated carbocycles. The van der Waals surface area contributed by atoms with Gasteiger partial charge in [0.15, 0.2) is 0 Å². The molecule has 1 N–H and O–H groups in total. The molecular weight excluding hydrogens is 239 g/mol. The van der Waals surface area contributed by atoms with Crippen LogP contribution in [0.25, 0.3) is 0 Å². The van der Waals surface area contributed by atoms with Crippen LogP contribution >= 0.6 is 0 Å². The third-order valence-electron chi connectivity index (χ3n) is 4.08. The molecule has 0 aromatic heterocycles. The summed E-state index contributed by atoms with van der Waals surface area (Å²) in [7, 11) is 0. The fourth-order valence-electron chi connectivity index (χ4n) is 3.09. The zero-order chi connectivity index (χ0) is 13.7. The van der Waals surface area contributed by atoms with Gasteiger partial charge >= 0.3 is 0 Å². The van der Waals surface area contributed by atoms with E-state index in [-0.39, 0.29) is 5.82 Å². The van der Waals surface area contributed by atoms with E-state index in [1.54, 1.807) is 6.07 Å². The summed E-state index contributed by atoms with van der Waals surface area (Å²) in [5.41, 5.74) is 1.10. The van der Waals surface area contributed by atoms with Crippen molar-refractivity contribution in [2.45, 2.75) is 45.2 Å². The van der Waals surface area contributed by atoms with Crippen LogP contribution < -0.4 is 5.32 Å². The lowest BCUT2D eigenvalue weighted by Crippen LogP contribution is -2.39. The summed E-state index contributed by atoms with van der Waals surface area (Å²) >= 11 is 0. The van der Waals surface area contributed by atoms with Gasteiger partial charge in [-0.25, -0.2) is 4.39 Å². The van der Waals surface area contributed by atoms with Gasteiger partial charge in [-0.3, -0.25) is 4.90 Å². The molecule has 19 heavy (non-hydrogen) atoms. The molecule has 3 heteroatoms. The molecule has 1 heterocycles. The van der Waals surface area contributed by atoms with Crippen molar-refractivity contribution >= 4 is 0 Å². The van der Waals surface area contributed by atoms with Crippen LogP contribution in [0.4, 0.5) is 4.39 Å². The molecule has 0 spiro atoms. The maximum absolute atomic E-state index is 13.4. The summed E-state index contributed by atoms with van der Waals surface area (Å²) in [6, 6.07) is 7.98. The van der Waals surface area contributed by atoms with Gasteiger partial charge in [0.25, 0.3) is 0 Å². The average Bonchev–Trinajstić information content (AvgIpc) is 2.91. The minimum absolute atomic E-state index is 0.133. The fraction of sp³-hybridized carbons (Fsp3) is 0.625. The molecule has 2 nitrogen and oxygen atoms in total. The number of benzene rings is 1. The highest BCUT2D eigenvalue weighted by Gasteiger charge is 2.23. The number of nitrogens with one attached hydrogen (secondary N) is 1. The SMILES string of the molecule is CCC(c1cccc(F)c1)N(CC)CC1CCCN1. The quantitative estimate of drug-likeness (QED) is 0.847. The number of hydrogen-bond donors (Lipinski definition) is 1. The zero-order valence-electron chi connectivity index (χ0n) is 12.0. The topological polar surface area (TPSA) is 15.3 Å². The minimum Gasteiger partial charge on any atom is -0.313 e. The Balaban J connectivity index is 2.08. The van der Waals surface area contributed by atoms with Crippen molar-refractivity contribution in [3.8, 4) is 0 Å². The Bertz CT molecular complexity index is 388. The highest BCUT2D eigenvalue weighted by molar-refractivity contribution is 5.20. The molecule has 0 aliphatic carbocycles. The second-order valence-corrected chi connectivity index (χ2v) is 5.36. The highest BCUT2D eigenvalue weighted by Crippen LogP contribution is 2.25. The molecule has 1 aromatic rings. The molecule has 2 atom stereocenters. The van der Waals surface area contributed by atoms with Crippen molar-refractivity contribution in [2.24, 2.45) is 0 Å². The molecule has 0 bridgehead atoms. The average molecular weight is 264 g/mol. The molecule has 1 aliphatic heterocycles. The Kier molecular flexibility index (Phi) is 5.34. The molecule has 1 saturated heterocycles. The van der Waals surface area contributed by atoms with Crippen LogP contribution in [-0.4, -0.2) is 30.6 Å². The summed E-state index contributed by atoms with van der Waals surface area (Å²) < 4.78 is 13.4. The van der Waals surface area contributed by atoms with E-state index < -0.39 is 0 Å². The van der Waals surface area contributed by atoms with Gasteiger partial charge in [-0.1, -0.05) is 26.0 Å². The predicted octanol–water partition coefficient (Wildman–Crippen LogP) is 3.35. The smallest absolute Gasteiger partial charge is 0.123 e. The second-order valence-electron chi connectivity index (χ2n) is 5.36. The van der Waals surface area contributed by atoms with E-state index in [0.717, 1.165) is 31.6 Å². The van der Waals surface area contributed by atoms with E-state index in [4.69, 9.17) is 0 Å². The van der Waals surface area contributed by atoms with E-state index >= 15 is 0 Å². The molecule has 106 valence electrons. The first-order valence-corrected chi connectivity index (χ1v) is 7.47. The largest absolute Gasteiger partial charge is 0.313 e. The number of halogens is 1. The molecule has 1 aliphatic rings. The lowest BCUT2D eigenvalue weighted by Gasteiger charge is -2.32. The van der Waals surface area contributed by atoms with Crippen LogP contribution in [-0.2, 0) is 0 Å². The fourth-order valence-corrected chi connectivity index (χ4v) is 3.09. The van der Waals surface area contributed by atoms with E-state index in [2.05, 4.69) is 24.1 Å². The van der Waals surface area contributed by atoms with Crippen LogP contribution in [0.5, 0.6) is 0 Å². The Morgan fingerprint density at radius 1 is 1.42 bits per heavy atom. The summed E-state index contributed by atoms with van der Waals surface area (Å²) in [5, 5.41) is 3.55. The van der Waals surface area contributed by atoms with Crippen molar-refractivity contribution in [1.82, 2.24) is 10.2 Å². The first-order valence-electron chi connectivity index (χ1n) is 7.47.